The molecule has 2 aliphatic rings. The zero-order valence-electron chi connectivity index (χ0n) is 23.7. The van der Waals surface area contributed by atoms with Crippen LogP contribution < -0.4 is 10.1 Å². The highest BCUT2D eigenvalue weighted by molar-refractivity contribution is 5.77. The lowest BCUT2D eigenvalue weighted by molar-refractivity contribution is -0.123. The molecule has 0 radical (unpaired) electrons. The quantitative estimate of drug-likeness (QED) is 0.211. The molecule has 5 heteroatoms. The molecule has 0 unspecified atom stereocenters. The number of benzene rings is 1. The first-order valence-electron chi connectivity index (χ1n) is 15.4. The fourth-order valence-electron chi connectivity index (χ4n) is 6.70. The lowest BCUT2D eigenvalue weighted by Crippen LogP contribution is -2.38. The Morgan fingerprint density at radius 1 is 1.00 bits per heavy atom. The molecule has 0 saturated heterocycles. The molecule has 5 atom stereocenters. The first-order chi connectivity index (χ1) is 18.0. The van der Waals surface area contributed by atoms with Crippen molar-refractivity contribution in [3.8, 4) is 5.75 Å². The van der Waals surface area contributed by atoms with E-state index in [2.05, 4.69) is 32.2 Å². The number of amides is 1. The molecule has 3 N–H and O–H groups in total. The minimum atomic E-state index is -0.287. The highest BCUT2D eigenvalue weighted by Gasteiger charge is 2.44. The molecule has 1 fully saturated rings. The summed E-state index contributed by atoms with van der Waals surface area (Å²) >= 11 is 0. The maximum atomic E-state index is 12.7. The molecule has 5 nitrogen and oxygen atoms in total. The third-order valence-electron chi connectivity index (χ3n) is 8.86. The molecule has 210 valence electrons. The molecule has 2 aliphatic carbocycles. The van der Waals surface area contributed by atoms with Crippen molar-refractivity contribution in [1.82, 2.24) is 5.32 Å². The molecule has 1 aromatic rings. The molecule has 1 saturated carbocycles. The summed E-state index contributed by atoms with van der Waals surface area (Å²) in [5, 5.41) is 24.5. The molecule has 0 aromatic heterocycles. The summed E-state index contributed by atoms with van der Waals surface area (Å²) in [6, 6.07) is 6.46. The Balaban J connectivity index is 1.55. The van der Waals surface area contributed by atoms with Crippen molar-refractivity contribution in [1.29, 1.82) is 0 Å². The van der Waals surface area contributed by atoms with Crippen molar-refractivity contribution in [2.75, 3.05) is 6.61 Å². The van der Waals surface area contributed by atoms with Crippen molar-refractivity contribution in [3.05, 3.63) is 29.3 Å². The number of carbonyl (C=O) groups is 1. The number of aliphatic hydroxyl groups is 2. The van der Waals surface area contributed by atoms with Crippen LogP contribution in [0.3, 0.4) is 0 Å². The molecule has 1 amide bonds. The Kier molecular flexibility index (Phi) is 12.7. The molecule has 1 aromatic carbocycles. The van der Waals surface area contributed by atoms with Gasteiger partial charge in [-0.3, -0.25) is 4.79 Å². The van der Waals surface area contributed by atoms with Crippen LogP contribution in [0, 0.1) is 17.8 Å². The Bertz CT molecular complexity index is 804. The summed E-state index contributed by atoms with van der Waals surface area (Å²) in [5.74, 6) is 1.96. The second kappa shape index (κ2) is 15.7. The van der Waals surface area contributed by atoms with Gasteiger partial charge < -0.3 is 20.3 Å². The topological polar surface area (TPSA) is 78.8 Å². The number of unbranched alkanes of at least 4 members (excludes halogenated alkanes) is 4. The van der Waals surface area contributed by atoms with E-state index in [1.54, 1.807) is 0 Å². The number of ether oxygens (including phenoxy) is 1. The maximum absolute atomic E-state index is 12.7. The summed E-state index contributed by atoms with van der Waals surface area (Å²) in [4.78, 5) is 12.7. The third kappa shape index (κ3) is 8.99. The smallest absolute Gasteiger partial charge is 0.258 e. The van der Waals surface area contributed by atoms with Crippen LogP contribution in [0.25, 0.3) is 0 Å². The predicted molar refractivity (Wildman–Crippen MR) is 151 cm³/mol. The van der Waals surface area contributed by atoms with Gasteiger partial charge in [0.15, 0.2) is 6.61 Å². The van der Waals surface area contributed by atoms with Crippen molar-refractivity contribution in [2.45, 2.75) is 135 Å². The highest BCUT2D eigenvalue weighted by Crippen LogP contribution is 2.48. The van der Waals surface area contributed by atoms with Crippen LogP contribution in [0.1, 0.15) is 115 Å². The summed E-state index contributed by atoms with van der Waals surface area (Å²) in [7, 11) is 0. The van der Waals surface area contributed by atoms with Crippen molar-refractivity contribution >= 4 is 5.91 Å². The number of aliphatic hydroxyl groups excluding tert-OH is 2. The van der Waals surface area contributed by atoms with Gasteiger partial charge in [0.25, 0.3) is 5.91 Å². The number of hydrogen-bond acceptors (Lipinski definition) is 4. The summed E-state index contributed by atoms with van der Waals surface area (Å²) in [5.41, 5.74) is 2.52. The number of carbonyl (C=O) groups excluding carboxylic acids is 1. The van der Waals surface area contributed by atoms with Crippen LogP contribution in [0.4, 0.5) is 0 Å². The van der Waals surface area contributed by atoms with Crippen molar-refractivity contribution in [2.24, 2.45) is 17.8 Å². The van der Waals surface area contributed by atoms with Crippen LogP contribution in [0.5, 0.6) is 5.75 Å². The number of nitrogens with one attached hydrogen (secondary N) is 1. The van der Waals surface area contributed by atoms with Gasteiger partial charge in [-0.1, -0.05) is 77.8 Å². The van der Waals surface area contributed by atoms with Gasteiger partial charge in [-0.05, 0) is 86.3 Å². The van der Waals surface area contributed by atoms with E-state index in [-0.39, 0.29) is 36.7 Å². The third-order valence-corrected chi connectivity index (χ3v) is 8.86. The van der Waals surface area contributed by atoms with Crippen LogP contribution >= 0.6 is 0 Å². The second-order valence-corrected chi connectivity index (χ2v) is 11.8. The van der Waals surface area contributed by atoms with Crippen LogP contribution in [-0.2, 0) is 17.6 Å². The normalized spacial score (nSPS) is 23.5. The van der Waals surface area contributed by atoms with E-state index in [4.69, 9.17) is 4.74 Å². The summed E-state index contributed by atoms with van der Waals surface area (Å²) in [6.07, 6.45) is 14.8. The van der Waals surface area contributed by atoms with Crippen molar-refractivity contribution < 1.29 is 19.7 Å². The fraction of sp³-hybridized carbons (Fsp3) is 0.781. The average Bonchev–Trinajstić information content (AvgIpc) is 3.20. The average molecular weight is 516 g/mol. The predicted octanol–water partition coefficient (Wildman–Crippen LogP) is 6.36. The lowest BCUT2D eigenvalue weighted by atomic mass is 9.73. The number of hydrogen-bond donors (Lipinski definition) is 3. The van der Waals surface area contributed by atoms with Gasteiger partial charge in [0.05, 0.1) is 12.2 Å². The van der Waals surface area contributed by atoms with Gasteiger partial charge in [0.1, 0.15) is 5.75 Å². The van der Waals surface area contributed by atoms with Crippen LogP contribution in [-0.4, -0.2) is 41.0 Å². The highest BCUT2D eigenvalue weighted by atomic mass is 16.5. The SMILES string of the molecule is CCCCC[C@H](O)CC[C@@H]1[C@H]2Cc3cccc(OCC(=O)NC(CCCC)CCCC)c3C[C@H]2C[C@H]1O. The van der Waals surface area contributed by atoms with Gasteiger partial charge in [-0.15, -0.1) is 0 Å². The molecule has 0 bridgehead atoms. The minimum absolute atomic E-state index is 0.0302. The molecule has 3 rings (SSSR count). The van der Waals surface area contributed by atoms with Crippen LogP contribution in [0.2, 0.25) is 0 Å². The van der Waals surface area contributed by atoms with Gasteiger partial charge in [0, 0.05) is 6.04 Å². The number of rotatable bonds is 17. The zero-order valence-corrected chi connectivity index (χ0v) is 23.7. The fourth-order valence-corrected chi connectivity index (χ4v) is 6.70. The van der Waals surface area contributed by atoms with E-state index < -0.39 is 0 Å². The minimum Gasteiger partial charge on any atom is -0.483 e. The Morgan fingerprint density at radius 3 is 2.43 bits per heavy atom. The van der Waals surface area contributed by atoms with E-state index in [1.807, 2.05) is 12.1 Å². The van der Waals surface area contributed by atoms with E-state index in [9.17, 15) is 15.0 Å². The summed E-state index contributed by atoms with van der Waals surface area (Å²) < 4.78 is 6.10. The Morgan fingerprint density at radius 2 is 1.73 bits per heavy atom. The van der Waals surface area contributed by atoms with Crippen molar-refractivity contribution in [3.63, 3.8) is 0 Å². The molecular weight excluding hydrogens is 462 g/mol. The van der Waals surface area contributed by atoms with Gasteiger partial charge in [0.2, 0.25) is 0 Å². The zero-order chi connectivity index (χ0) is 26.6. The molecule has 37 heavy (non-hydrogen) atoms. The van der Waals surface area contributed by atoms with E-state index >= 15 is 0 Å². The second-order valence-electron chi connectivity index (χ2n) is 11.8. The largest absolute Gasteiger partial charge is 0.483 e. The Labute approximate surface area is 225 Å². The molecule has 0 heterocycles. The summed E-state index contributed by atoms with van der Waals surface area (Å²) in [6.45, 7) is 6.62. The van der Waals surface area contributed by atoms with Gasteiger partial charge in [-0.2, -0.15) is 0 Å². The molecule has 0 aliphatic heterocycles. The maximum Gasteiger partial charge on any atom is 0.258 e. The van der Waals surface area contributed by atoms with E-state index in [0.717, 1.165) is 89.2 Å². The van der Waals surface area contributed by atoms with E-state index in [0.29, 0.717) is 11.8 Å². The first kappa shape index (κ1) is 30.0. The number of fused-ring (bicyclic) bond motifs is 2. The monoisotopic (exact) mass is 515 g/mol. The van der Waals surface area contributed by atoms with Gasteiger partial charge in [-0.25, -0.2) is 0 Å². The van der Waals surface area contributed by atoms with Gasteiger partial charge >= 0.3 is 0 Å². The molecular formula is C32H53NO4. The lowest BCUT2D eigenvalue weighted by Gasteiger charge is -2.32. The van der Waals surface area contributed by atoms with Crippen LogP contribution in [0.15, 0.2) is 18.2 Å². The van der Waals surface area contributed by atoms with E-state index in [1.165, 1.54) is 24.0 Å². The molecule has 0 spiro atoms. The standard InChI is InChI=1S/C32H53NO4/c1-4-7-10-15-26(34)17-18-27-28-19-23-12-11-16-31(29(23)20-24(28)21-30(27)35)37-22-32(36)33-25(13-8-5-2)14-9-6-3/h11-12,16,24-28,30,34-35H,4-10,13-15,17-22H2,1-3H3,(H,33,36)/t24-,26-,27+,28-,30+/m0/s1. The first-order valence-corrected chi connectivity index (χ1v) is 15.4. The Hall–Kier alpha value is -1.59.